The third-order valence-electron chi connectivity index (χ3n) is 4.91. The lowest BCUT2D eigenvalue weighted by Gasteiger charge is -2.12. The van der Waals surface area contributed by atoms with Crippen molar-refractivity contribution in [3.8, 4) is 22.3 Å². The predicted octanol–water partition coefficient (Wildman–Crippen LogP) is 4.58. The summed E-state index contributed by atoms with van der Waals surface area (Å²) in [6.45, 7) is 1.77. The molecule has 0 bridgehead atoms. The number of carbonyl (C=O) groups excluding carboxylic acids is 3. The summed E-state index contributed by atoms with van der Waals surface area (Å²) < 4.78 is 5.01. The minimum absolute atomic E-state index is 0.114. The van der Waals surface area contributed by atoms with Crippen LogP contribution in [0.1, 0.15) is 27.6 Å². The fourth-order valence-corrected chi connectivity index (χ4v) is 3.68. The highest BCUT2D eigenvalue weighted by Crippen LogP contribution is 2.41. The summed E-state index contributed by atoms with van der Waals surface area (Å²) >= 11 is 0. The third kappa shape index (κ3) is 2.83. The van der Waals surface area contributed by atoms with Crippen molar-refractivity contribution in [2.75, 3.05) is 6.61 Å². The zero-order valence-corrected chi connectivity index (χ0v) is 15.3. The number of ether oxygens (including phenoxy) is 1. The third-order valence-corrected chi connectivity index (χ3v) is 4.91. The molecule has 4 heteroatoms. The minimum Gasteiger partial charge on any atom is -0.465 e. The smallest absolute Gasteiger partial charge is 0.324 e. The van der Waals surface area contributed by atoms with E-state index in [9.17, 15) is 14.4 Å². The Labute approximate surface area is 162 Å². The van der Waals surface area contributed by atoms with E-state index in [1.807, 2.05) is 72.8 Å². The lowest BCUT2D eigenvalue weighted by atomic mass is 9.90. The van der Waals surface area contributed by atoms with Gasteiger partial charge in [0.15, 0.2) is 17.5 Å². The first kappa shape index (κ1) is 17.9. The van der Waals surface area contributed by atoms with Gasteiger partial charge in [0.1, 0.15) is 0 Å². The second-order valence-electron chi connectivity index (χ2n) is 6.56. The minimum atomic E-state index is -1.43. The van der Waals surface area contributed by atoms with E-state index in [4.69, 9.17) is 4.74 Å². The van der Waals surface area contributed by atoms with Gasteiger partial charge >= 0.3 is 5.97 Å². The molecule has 1 aliphatic rings. The van der Waals surface area contributed by atoms with Gasteiger partial charge in [0, 0.05) is 11.1 Å². The fraction of sp³-hybridized carbons (Fsp3) is 0.125. The summed E-state index contributed by atoms with van der Waals surface area (Å²) in [6, 6.07) is 22.5. The summed E-state index contributed by atoms with van der Waals surface area (Å²) in [5.74, 6) is -3.20. The van der Waals surface area contributed by atoms with Crippen molar-refractivity contribution in [1.29, 1.82) is 0 Å². The van der Waals surface area contributed by atoms with Crippen LogP contribution in [-0.2, 0) is 9.53 Å². The Balaban J connectivity index is 1.97. The molecule has 0 N–H and O–H groups in total. The van der Waals surface area contributed by atoms with Gasteiger partial charge < -0.3 is 4.74 Å². The van der Waals surface area contributed by atoms with Crippen molar-refractivity contribution >= 4 is 17.5 Å². The average molecular weight is 370 g/mol. The van der Waals surface area contributed by atoms with Crippen LogP contribution in [-0.4, -0.2) is 24.1 Å². The van der Waals surface area contributed by atoms with Crippen LogP contribution < -0.4 is 0 Å². The number of ketones is 2. The first-order chi connectivity index (χ1) is 13.6. The summed E-state index contributed by atoms with van der Waals surface area (Å²) in [6.07, 6.45) is 0. The molecular formula is C24H18O4. The lowest BCUT2D eigenvalue weighted by molar-refractivity contribution is -0.144. The first-order valence-corrected chi connectivity index (χ1v) is 9.16. The van der Waals surface area contributed by atoms with Gasteiger partial charge in [-0.25, -0.2) is 0 Å². The normalized spacial score (nSPS) is 13.5. The molecule has 0 fully saturated rings. The SMILES string of the molecule is CCOC(=O)C1C(=O)c2c(-c3ccccc3)ccc(-c3ccccc3)c2C1=O. The second kappa shape index (κ2) is 7.24. The van der Waals surface area contributed by atoms with Crippen LogP contribution >= 0.6 is 0 Å². The van der Waals surface area contributed by atoms with Crippen molar-refractivity contribution in [1.82, 2.24) is 0 Å². The van der Waals surface area contributed by atoms with Gasteiger partial charge in [0.05, 0.1) is 6.61 Å². The van der Waals surface area contributed by atoms with Gasteiger partial charge in [-0.15, -0.1) is 0 Å². The molecule has 0 unspecified atom stereocenters. The molecule has 4 nitrogen and oxygen atoms in total. The Hall–Kier alpha value is -3.53. The highest BCUT2D eigenvalue weighted by Gasteiger charge is 2.47. The maximum absolute atomic E-state index is 13.2. The fourth-order valence-electron chi connectivity index (χ4n) is 3.68. The van der Waals surface area contributed by atoms with E-state index >= 15 is 0 Å². The lowest BCUT2D eigenvalue weighted by Crippen LogP contribution is -2.27. The maximum Gasteiger partial charge on any atom is 0.324 e. The molecule has 4 rings (SSSR count). The van der Waals surface area contributed by atoms with Gasteiger partial charge in [0.2, 0.25) is 0 Å². The van der Waals surface area contributed by atoms with Crippen LogP contribution in [0.25, 0.3) is 22.3 Å². The van der Waals surface area contributed by atoms with E-state index in [0.717, 1.165) is 11.1 Å². The van der Waals surface area contributed by atoms with Gasteiger partial charge in [-0.05, 0) is 29.2 Å². The molecule has 1 aliphatic carbocycles. The summed E-state index contributed by atoms with van der Waals surface area (Å²) in [5, 5.41) is 0. The number of carbonyl (C=O) groups is 3. The molecule has 0 amide bonds. The van der Waals surface area contributed by atoms with Crippen LogP contribution in [0.2, 0.25) is 0 Å². The number of benzene rings is 3. The number of esters is 1. The van der Waals surface area contributed by atoms with E-state index in [1.165, 1.54) is 0 Å². The van der Waals surface area contributed by atoms with Crippen LogP contribution in [0.3, 0.4) is 0 Å². The number of hydrogen-bond donors (Lipinski definition) is 0. The van der Waals surface area contributed by atoms with Crippen LogP contribution in [0.5, 0.6) is 0 Å². The number of hydrogen-bond acceptors (Lipinski definition) is 4. The molecule has 0 spiro atoms. The van der Waals surface area contributed by atoms with Gasteiger partial charge in [-0.3, -0.25) is 14.4 Å². The topological polar surface area (TPSA) is 60.4 Å². The molecule has 0 heterocycles. The molecule has 3 aromatic carbocycles. The zero-order chi connectivity index (χ0) is 19.7. The zero-order valence-electron chi connectivity index (χ0n) is 15.3. The maximum atomic E-state index is 13.2. The van der Waals surface area contributed by atoms with E-state index in [-0.39, 0.29) is 6.61 Å². The molecule has 0 saturated heterocycles. The molecule has 0 atom stereocenters. The summed E-state index contributed by atoms with van der Waals surface area (Å²) in [5.41, 5.74) is 3.56. The Kier molecular flexibility index (Phi) is 4.62. The monoisotopic (exact) mass is 370 g/mol. The molecular weight excluding hydrogens is 352 g/mol. The van der Waals surface area contributed by atoms with Crippen molar-refractivity contribution in [3.05, 3.63) is 83.9 Å². The Morgan fingerprint density at radius 3 is 1.57 bits per heavy atom. The Morgan fingerprint density at radius 2 is 1.18 bits per heavy atom. The van der Waals surface area contributed by atoms with Crippen LogP contribution in [0.15, 0.2) is 72.8 Å². The Bertz CT molecular complexity index is 990. The summed E-state index contributed by atoms with van der Waals surface area (Å²) in [7, 11) is 0. The second-order valence-corrected chi connectivity index (χ2v) is 6.56. The predicted molar refractivity (Wildman–Crippen MR) is 106 cm³/mol. The Morgan fingerprint density at radius 1 is 0.750 bits per heavy atom. The highest BCUT2D eigenvalue weighted by molar-refractivity contribution is 6.37. The number of rotatable bonds is 4. The van der Waals surface area contributed by atoms with Crippen LogP contribution in [0, 0.1) is 5.92 Å². The van der Waals surface area contributed by atoms with E-state index in [1.54, 1.807) is 6.92 Å². The van der Waals surface area contributed by atoms with Crippen molar-refractivity contribution < 1.29 is 19.1 Å². The largest absolute Gasteiger partial charge is 0.465 e. The molecule has 0 radical (unpaired) electrons. The van der Waals surface area contributed by atoms with E-state index in [0.29, 0.717) is 22.3 Å². The van der Waals surface area contributed by atoms with Gasteiger partial charge in [-0.1, -0.05) is 72.8 Å². The van der Waals surface area contributed by atoms with Gasteiger partial charge in [-0.2, -0.15) is 0 Å². The molecule has 3 aromatic rings. The van der Waals surface area contributed by atoms with Crippen molar-refractivity contribution in [2.24, 2.45) is 5.92 Å². The average Bonchev–Trinajstić information content (AvgIpc) is 3.00. The molecule has 28 heavy (non-hydrogen) atoms. The summed E-state index contributed by atoms with van der Waals surface area (Å²) in [4.78, 5) is 38.7. The van der Waals surface area contributed by atoms with Crippen molar-refractivity contribution in [2.45, 2.75) is 6.92 Å². The quantitative estimate of drug-likeness (QED) is 0.498. The molecule has 0 saturated carbocycles. The first-order valence-electron chi connectivity index (χ1n) is 9.16. The number of Topliss-reactive ketones (excluding diaryl/α,β-unsaturated/α-hetero) is 2. The highest BCUT2D eigenvalue weighted by atomic mass is 16.5. The van der Waals surface area contributed by atoms with E-state index < -0.39 is 23.5 Å². The number of fused-ring (bicyclic) bond motifs is 1. The molecule has 0 aromatic heterocycles. The van der Waals surface area contributed by atoms with Gasteiger partial charge in [0.25, 0.3) is 0 Å². The standard InChI is InChI=1S/C24H18O4/c1-2-28-24(27)21-22(25)19-17(15-9-5-3-6-10-15)13-14-18(20(19)23(21)26)16-11-7-4-8-12-16/h3-14,21H,2H2,1H3. The van der Waals surface area contributed by atoms with E-state index in [2.05, 4.69) is 0 Å². The van der Waals surface area contributed by atoms with Crippen LogP contribution in [0.4, 0.5) is 0 Å². The molecule has 138 valence electrons. The molecule has 0 aliphatic heterocycles. The van der Waals surface area contributed by atoms with Crippen molar-refractivity contribution in [3.63, 3.8) is 0 Å².